The number of pyridine rings is 1. The highest BCUT2D eigenvalue weighted by Crippen LogP contribution is 2.41. The van der Waals surface area contributed by atoms with Crippen molar-refractivity contribution in [2.45, 2.75) is 12.3 Å². The molecule has 30 heavy (non-hydrogen) atoms. The number of benzene rings is 1. The molecule has 2 aliphatic heterocycles. The zero-order chi connectivity index (χ0) is 21.0. The van der Waals surface area contributed by atoms with Crippen LogP contribution < -0.4 is 18.9 Å². The number of hydrogen-bond donors (Lipinski definition) is 0. The van der Waals surface area contributed by atoms with Gasteiger partial charge in [-0.15, -0.1) is 0 Å². The summed E-state index contributed by atoms with van der Waals surface area (Å²) in [5, 5.41) is 0. The minimum absolute atomic E-state index is 0.101. The van der Waals surface area contributed by atoms with Crippen LogP contribution in [0.1, 0.15) is 0 Å². The lowest BCUT2D eigenvalue weighted by Gasteiger charge is -2.24. The summed E-state index contributed by atoms with van der Waals surface area (Å²) in [7, 11) is 0. The van der Waals surface area contributed by atoms with Crippen molar-refractivity contribution in [1.82, 2.24) is 4.98 Å². The van der Waals surface area contributed by atoms with Gasteiger partial charge >= 0.3 is 6.18 Å². The van der Waals surface area contributed by atoms with Crippen LogP contribution in [-0.4, -0.2) is 63.5 Å². The average Bonchev–Trinajstić information content (AvgIpc) is 2.76. The molecule has 3 heterocycles. The van der Waals surface area contributed by atoms with Crippen LogP contribution in [0.25, 0.3) is 11.3 Å². The lowest BCUT2D eigenvalue weighted by Crippen LogP contribution is -2.33. The summed E-state index contributed by atoms with van der Waals surface area (Å²) >= 11 is 0. The average molecular weight is 427 g/mol. The van der Waals surface area contributed by atoms with Crippen LogP contribution in [0.15, 0.2) is 30.3 Å². The summed E-state index contributed by atoms with van der Waals surface area (Å²) in [5.74, 6) is 1.36. The summed E-state index contributed by atoms with van der Waals surface area (Å²) in [4.78, 5) is 4.51. The Balaban J connectivity index is 1.53. The van der Waals surface area contributed by atoms with Crippen LogP contribution in [0.5, 0.6) is 23.1 Å². The summed E-state index contributed by atoms with van der Waals surface area (Å²) in [5.41, 5.74) is 1.09. The first-order valence-corrected chi connectivity index (χ1v) is 9.41. The Bertz CT molecular complexity index is 853. The third kappa shape index (κ3) is 5.25. The summed E-state index contributed by atoms with van der Waals surface area (Å²) in [6.07, 6.45) is -4.59. The molecule has 162 valence electrons. The van der Waals surface area contributed by atoms with Crippen molar-refractivity contribution in [2.75, 3.05) is 46.2 Å². The molecular formula is C20H20F3NO6. The molecule has 1 saturated heterocycles. The number of ether oxygens (including phenoxy) is 6. The van der Waals surface area contributed by atoms with E-state index in [-0.39, 0.29) is 18.5 Å². The molecule has 0 radical (unpaired) electrons. The molecule has 0 N–H and O–H groups in total. The van der Waals surface area contributed by atoms with E-state index >= 15 is 0 Å². The molecular weight excluding hydrogens is 407 g/mol. The molecule has 0 aliphatic carbocycles. The number of rotatable bonds is 6. The summed E-state index contributed by atoms with van der Waals surface area (Å²) < 4.78 is 69.8. The van der Waals surface area contributed by atoms with E-state index in [4.69, 9.17) is 28.4 Å². The van der Waals surface area contributed by atoms with E-state index in [0.29, 0.717) is 61.7 Å². The van der Waals surface area contributed by atoms with Gasteiger partial charge in [-0.1, -0.05) is 0 Å². The summed E-state index contributed by atoms with van der Waals surface area (Å²) in [6, 6.07) is 7.74. The zero-order valence-corrected chi connectivity index (χ0v) is 15.9. The predicted octanol–water partition coefficient (Wildman–Crippen LogP) is 3.26. The van der Waals surface area contributed by atoms with Gasteiger partial charge in [-0.05, 0) is 24.3 Å². The lowest BCUT2D eigenvalue weighted by atomic mass is 10.1. The van der Waals surface area contributed by atoms with Gasteiger partial charge in [-0.25, -0.2) is 4.98 Å². The van der Waals surface area contributed by atoms with Crippen LogP contribution in [0, 0.1) is 0 Å². The van der Waals surface area contributed by atoms with Gasteiger partial charge < -0.3 is 28.4 Å². The van der Waals surface area contributed by atoms with Crippen molar-refractivity contribution in [3.63, 3.8) is 0 Å². The smallest absolute Gasteiger partial charge is 0.422 e. The van der Waals surface area contributed by atoms with Gasteiger partial charge in [0.2, 0.25) is 5.88 Å². The minimum Gasteiger partial charge on any atom is -0.486 e. The van der Waals surface area contributed by atoms with Crippen molar-refractivity contribution in [3.05, 3.63) is 30.3 Å². The van der Waals surface area contributed by atoms with E-state index in [0.717, 1.165) is 0 Å². The van der Waals surface area contributed by atoms with E-state index in [1.165, 1.54) is 12.1 Å². The van der Waals surface area contributed by atoms with Gasteiger partial charge in [-0.3, -0.25) is 0 Å². The monoisotopic (exact) mass is 427 g/mol. The third-order valence-corrected chi connectivity index (χ3v) is 4.34. The standard InChI is InChI=1S/C20H20F3NO6/c21-20(22,23)12-30-14-3-1-13(2-4-14)18-19-16(27-7-8-28-19)9-17(24-18)29-11-15-10-25-5-6-26-15/h1-4,9,15H,5-8,10-12H2. The van der Waals surface area contributed by atoms with Crippen LogP contribution in [0.3, 0.4) is 0 Å². The number of nitrogens with zero attached hydrogens (tertiary/aromatic N) is 1. The van der Waals surface area contributed by atoms with Crippen molar-refractivity contribution in [2.24, 2.45) is 0 Å². The van der Waals surface area contributed by atoms with Crippen LogP contribution in [0.2, 0.25) is 0 Å². The molecule has 1 fully saturated rings. The molecule has 2 aromatic rings. The second-order valence-electron chi connectivity index (χ2n) is 6.64. The number of aromatic nitrogens is 1. The fourth-order valence-electron chi connectivity index (χ4n) is 2.98. The topological polar surface area (TPSA) is 68.3 Å². The maximum Gasteiger partial charge on any atom is 0.422 e. The normalized spacial score (nSPS) is 18.7. The Morgan fingerprint density at radius 2 is 1.80 bits per heavy atom. The Hall–Kier alpha value is -2.72. The van der Waals surface area contributed by atoms with Crippen molar-refractivity contribution in [3.8, 4) is 34.4 Å². The number of halogens is 3. The number of hydrogen-bond acceptors (Lipinski definition) is 7. The van der Waals surface area contributed by atoms with E-state index < -0.39 is 12.8 Å². The van der Waals surface area contributed by atoms with E-state index in [2.05, 4.69) is 4.98 Å². The highest BCUT2D eigenvalue weighted by atomic mass is 19.4. The molecule has 4 rings (SSSR count). The molecule has 1 unspecified atom stereocenters. The number of alkyl halides is 3. The van der Waals surface area contributed by atoms with Gasteiger partial charge in [0, 0.05) is 11.6 Å². The van der Waals surface area contributed by atoms with Gasteiger partial charge in [0.05, 0.1) is 19.8 Å². The van der Waals surface area contributed by atoms with E-state index in [1.807, 2.05) is 0 Å². The first-order valence-electron chi connectivity index (χ1n) is 9.41. The Morgan fingerprint density at radius 1 is 1.00 bits per heavy atom. The zero-order valence-electron chi connectivity index (χ0n) is 15.9. The van der Waals surface area contributed by atoms with Crippen molar-refractivity contribution >= 4 is 0 Å². The predicted molar refractivity (Wildman–Crippen MR) is 98.3 cm³/mol. The number of fused-ring (bicyclic) bond motifs is 1. The van der Waals surface area contributed by atoms with Crippen LogP contribution in [0.4, 0.5) is 13.2 Å². The minimum atomic E-state index is -4.40. The van der Waals surface area contributed by atoms with Crippen LogP contribution >= 0.6 is 0 Å². The Morgan fingerprint density at radius 3 is 2.53 bits per heavy atom. The first kappa shape index (κ1) is 20.5. The SMILES string of the molecule is FC(F)(F)COc1ccc(-c2nc(OCC3COCCO3)cc3c2OCCO3)cc1. The van der Waals surface area contributed by atoms with Crippen molar-refractivity contribution in [1.29, 1.82) is 0 Å². The van der Waals surface area contributed by atoms with Crippen LogP contribution in [-0.2, 0) is 9.47 Å². The molecule has 10 heteroatoms. The third-order valence-electron chi connectivity index (χ3n) is 4.34. The summed E-state index contributed by atoms with van der Waals surface area (Å²) in [6.45, 7) is 1.17. The fourth-order valence-corrected chi connectivity index (χ4v) is 2.98. The van der Waals surface area contributed by atoms with E-state index in [1.54, 1.807) is 18.2 Å². The highest BCUT2D eigenvalue weighted by molar-refractivity contribution is 5.71. The molecule has 0 saturated carbocycles. The second-order valence-corrected chi connectivity index (χ2v) is 6.64. The van der Waals surface area contributed by atoms with Gasteiger partial charge in [-0.2, -0.15) is 13.2 Å². The Labute approximate surface area is 170 Å². The molecule has 1 aromatic carbocycles. The lowest BCUT2D eigenvalue weighted by molar-refractivity contribution is -0.153. The van der Waals surface area contributed by atoms with Gasteiger partial charge in [0.25, 0.3) is 0 Å². The maximum absolute atomic E-state index is 12.3. The second kappa shape index (κ2) is 8.97. The first-order chi connectivity index (χ1) is 14.5. The molecule has 0 amide bonds. The molecule has 2 aliphatic rings. The molecule has 0 spiro atoms. The molecule has 0 bridgehead atoms. The molecule has 7 nitrogen and oxygen atoms in total. The molecule has 1 atom stereocenters. The quantitative estimate of drug-likeness (QED) is 0.701. The molecule has 1 aromatic heterocycles. The van der Waals surface area contributed by atoms with E-state index in [9.17, 15) is 13.2 Å². The van der Waals surface area contributed by atoms with Gasteiger partial charge in [0.1, 0.15) is 37.4 Å². The van der Waals surface area contributed by atoms with Gasteiger partial charge in [0.15, 0.2) is 18.1 Å². The van der Waals surface area contributed by atoms with Crippen molar-refractivity contribution < 1.29 is 41.6 Å². The maximum atomic E-state index is 12.3. The largest absolute Gasteiger partial charge is 0.486 e. The fraction of sp³-hybridized carbons (Fsp3) is 0.450. The Kier molecular flexibility index (Phi) is 6.14. The highest BCUT2D eigenvalue weighted by Gasteiger charge is 2.28.